The molecule has 2 aromatic rings. The lowest BCUT2D eigenvalue weighted by atomic mass is 10.2. The average Bonchev–Trinajstić information content (AvgIpc) is 2.55. The van der Waals surface area contributed by atoms with E-state index >= 15 is 0 Å². The fourth-order valence-corrected chi connectivity index (χ4v) is 2.03. The van der Waals surface area contributed by atoms with Crippen molar-refractivity contribution in [3.05, 3.63) is 60.2 Å². The molecule has 0 aliphatic carbocycles. The molecule has 0 atom stereocenters. The molecule has 1 amide bonds. The highest BCUT2D eigenvalue weighted by molar-refractivity contribution is 6.02. The summed E-state index contributed by atoms with van der Waals surface area (Å²) in [5.41, 5.74) is 0.604. The van der Waals surface area contributed by atoms with Crippen LogP contribution in [0.25, 0.3) is 6.08 Å². The van der Waals surface area contributed by atoms with E-state index in [1.807, 2.05) is 6.92 Å². The number of carbonyl (C=O) groups is 1. The van der Waals surface area contributed by atoms with Gasteiger partial charge in [0, 0.05) is 11.6 Å². The molecule has 0 saturated heterocycles. The molecule has 0 fully saturated rings. The predicted molar refractivity (Wildman–Crippen MR) is 88.4 cm³/mol. The quantitative estimate of drug-likeness (QED) is 0.772. The zero-order valence-corrected chi connectivity index (χ0v) is 13.3. The summed E-state index contributed by atoms with van der Waals surface area (Å²) in [7, 11) is 0. The summed E-state index contributed by atoms with van der Waals surface area (Å²) < 4.78 is 46.5. The Balaban J connectivity index is 2.11. The van der Waals surface area contributed by atoms with Crippen LogP contribution in [0.4, 0.5) is 18.9 Å². The number of carbonyl (C=O) groups excluding carboxylic acids is 1. The predicted octanol–water partition coefficient (Wildman–Crippen LogP) is 4.64. The second kappa shape index (κ2) is 8.23. The summed E-state index contributed by atoms with van der Waals surface area (Å²) >= 11 is 0. The number of nitrogens with one attached hydrogen (secondary N) is 1. The molecule has 0 aromatic heterocycles. The molecule has 25 heavy (non-hydrogen) atoms. The molecule has 0 aliphatic heterocycles. The van der Waals surface area contributed by atoms with E-state index in [9.17, 15) is 18.0 Å². The van der Waals surface area contributed by atoms with Crippen LogP contribution < -0.4 is 14.8 Å². The fourth-order valence-electron chi connectivity index (χ4n) is 2.03. The average molecular weight is 351 g/mol. The molecule has 0 heterocycles. The Morgan fingerprint density at radius 2 is 1.72 bits per heavy atom. The van der Waals surface area contributed by atoms with E-state index in [-0.39, 0.29) is 5.69 Å². The normalized spacial score (nSPS) is 11.4. The van der Waals surface area contributed by atoms with Gasteiger partial charge in [-0.2, -0.15) is 0 Å². The van der Waals surface area contributed by atoms with E-state index in [4.69, 9.17) is 4.74 Å². The third-order valence-electron chi connectivity index (χ3n) is 3.00. The van der Waals surface area contributed by atoms with Crippen LogP contribution in [0.15, 0.2) is 54.6 Å². The molecule has 0 radical (unpaired) electrons. The first-order chi connectivity index (χ1) is 11.9. The van der Waals surface area contributed by atoms with Crippen molar-refractivity contribution < 1.29 is 27.4 Å². The lowest BCUT2D eigenvalue weighted by Crippen LogP contribution is -2.19. The monoisotopic (exact) mass is 351 g/mol. The Kier molecular flexibility index (Phi) is 6.05. The van der Waals surface area contributed by atoms with Crippen molar-refractivity contribution in [1.82, 2.24) is 0 Å². The highest BCUT2D eigenvalue weighted by Gasteiger charge is 2.32. The molecule has 7 heteroatoms. The Morgan fingerprint density at radius 3 is 2.40 bits per heavy atom. The van der Waals surface area contributed by atoms with Crippen molar-refractivity contribution in [3.63, 3.8) is 0 Å². The van der Waals surface area contributed by atoms with Gasteiger partial charge in [0.2, 0.25) is 5.91 Å². The minimum Gasteiger partial charge on any atom is -0.493 e. The Bertz CT molecular complexity index is 757. The van der Waals surface area contributed by atoms with Crippen LogP contribution in [-0.4, -0.2) is 18.9 Å². The number of para-hydroxylation sites is 3. The van der Waals surface area contributed by atoms with Crippen molar-refractivity contribution in [1.29, 1.82) is 0 Å². The van der Waals surface area contributed by atoms with Crippen LogP contribution in [0, 0.1) is 0 Å². The first-order valence-corrected chi connectivity index (χ1v) is 7.44. The maximum Gasteiger partial charge on any atom is 0.573 e. The summed E-state index contributed by atoms with van der Waals surface area (Å²) in [6.45, 7) is 2.31. The van der Waals surface area contributed by atoms with Gasteiger partial charge in [-0.3, -0.25) is 4.79 Å². The van der Waals surface area contributed by atoms with Crippen LogP contribution in [0.1, 0.15) is 12.5 Å². The van der Waals surface area contributed by atoms with Gasteiger partial charge in [0.1, 0.15) is 5.75 Å². The van der Waals surface area contributed by atoms with Gasteiger partial charge in [0.15, 0.2) is 5.75 Å². The third-order valence-corrected chi connectivity index (χ3v) is 3.00. The molecule has 0 bridgehead atoms. The highest BCUT2D eigenvalue weighted by atomic mass is 19.4. The standard InChI is InChI=1S/C18H16F3NO3/c1-2-24-15-9-5-3-7-13(15)11-12-17(23)22-14-8-4-6-10-16(14)25-18(19,20)21/h3-12H,2H2,1H3,(H,22,23)/b12-11+. The van der Waals surface area contributed by atoms with Crippen molar-refractivity contribution >= 4 is 17.7 Å². The minimum atomic E-state index is -4.84. The topological polar surface area (TPSA) is 47.6 Å². The van der Waals surface area contributed by atoms with Crippen LogP contribution in [0.2, 0.25) is 0 Å². The number of rotatable bonds is 6. The summed E-state index contributed by atoms with van der Waals surface area (Å²) in [5, 5.41) is 2.36. The highest BCUT2D eigenvalue weighted by Crippen LogP contribution is 2.30. The van der Waals surface area contributed by atoms with E-state index in [1.165, 1.54) is 30.4 Å². The minimum absolute atomic E-state index is 0.0763. The molecule has 2 rings (SSSR count). The zero-order valence-electron chi connectivity index (χ0n) is 13.3. The van der Waals surface area contributed by atoms with Crippen molar-refractivity contribution in [3.8, 4) is 11.5 Å². The second-order valence-corrected chi connectivity index (χ2v) is 4.84. The first kappa shape index (κ1) is 18.4. The van der Waals surface area contributed by atoms with E-state index in [2.05, 4.69) is 10.1 Å². The van der Waals surface area contributed by atoms with Gasteiger partial charge in [0.05, 0.1) is 12.3 Å². The maximum atomic E-state index is 12.4. The lowest BCUT2D eigenvalue weighted by Gasteiger charge is -2.13. The fraction of sp³-hybridized carbons (Fsp3) is 0.167. The molecule has 0 saturated carbocycles. The van der Waals surface area contributed by atoms with Crippen LogP contribution in [0.3, 0.4) is 0 Å². The van der Waals surface area contributed by atoms with Gasteiger partial charge in [-0.1, -0.05) is 30.3 Å². The molecule has 2 aromatic carbocycles. The molecule has 4 nitrogen and oxygen atoms in total. The number of hydrogen-bond donors (Lipinski definition) is 1. The van der Waals surface area contributed by atoms with Gasteiger partial charge >= 0.3 is 6.36 Å². The number of alkyl halides is 3. The van der Waals surface area contributed by atoms with Crippen LogP contribution in [0.5, 0.6) is 11.5 Å². The van der Waals surface area contributed by atoms with Gasteiger partial charge in [-0.25, -0.2) is 0 Å². The molecule has 132 valence electrons. The van der Waals surface area contributed by atoms with Crippen molar-refractivity contribution in [2.75, 3.05) is 11.9 Å². The Morgan fingerprint density at radius 1 is 1.08 bits per heavy atom. The number of hydrogen-bond acceptors (Lipinski definition) is 3. The number of halogens is 3. The molecule has 0 unspecified atom stereocenters. The number of ether oxygens (including phenoxy) is 2. The summed E-state index contributed by atoms with van der Waals surface area (Å²) in [6, 6.07) is 12.4. The summed E-state index contributed by atoms with van der Waals surface area (Å²) in [4.78, 5) is 12.0. The maximum absolute atomic E-state index is 12.4. The molecule has 0 spiro atoms. The van der Waals surface area contributed by atoms with Gasteiger partial charge in [-0.15, -0.1) is 13.2 Å². The second-order valence-electron chi connectivity index (χ2n) is 4.84. The number of anilines is 1. The van der Waals surface area contributed by atoms with Gasteiger partial charge in [0.25, 0.3) is 0 Å². The van der Waals surface area contributed by atoms with Crippen LogP contribution in [-0.2, 0) is 4.79 Å². The SMILES string of the molecule is CCOc1ccccc1/C=C/C(=O)Nc1ccccc1OC(F)(F)F. The summed E-state index contributed by atoms with van der Waals surface area (Å²) in [6.07, 6.45) is -2.11. The van der Waals surface area contributed by atoms with Crippen molar-refractivity contribution in [2.24, 2.45) is 0 Å². The molecule has 1 N–H and O–H groups in total. The zero-order chi connectivity index (χ0) is 18.3. The number of benzene rings is 2. The Hall–Kier alpha value is -2.96. The smallest absolute Gasteiger partial charge is 0.493 e. The van der Waals surface area contributed by atoms with Gasteiger partial charge < -0.3 is 14.8 Å². The van der Waals surface area contributed by atoms with E-state index in [0.29, 0.717) is 17.9 Å². The van der Waals surface area contributed by atoms with Crippen molar-refractivity contribution in [2.45, 2.75) is 13.3 Å². The molecular formula is C18H16F3NO3. The number of amides is 1. The molecular weight excluding hydrogens is 335 g/mol. The van der Waals surface area contributed by atoms with E-state index in [0.717, 1.165) is 6.07 Å². The van der Waals surface area contributed by atoms with E-state index in [1.54, 1.807) is 24.3 Å². The summed E-state index contributed by atoms with van der Waals surface area (Å²) in [5.74, 6) is -0.467. The third kappa shape index (κ3) is 5.87. The largest absolute Gasteiger partial charge is 0.573 e. The lowest BCUT2D eigenvalue weighted by molar-refractivity contribution is -0.274. The Labute approximate surface area is 142 Å². The van der Waals surface area contributed by atoms with Gasteiger partial charge in [-0.05, 0) is 31.2 Å². The van der Waals surface area contributed by atoms with Crippen LogP contribution >= 0.6 is 0 Å². The molecule has 0 aliphatic rings. The first-order valence-electron chi connectivity index (χ1n) is 7.44. The van der Waals surface area contributed by atoms with E-state index < -0.39 is 18.0 Å².